The Bertz CT molecular complexity index is 919. The molecule has 1 fully saturated rings. The van der Waals surface area contributed by atoms with Crippen molar-refractivity contribution in [2.75, 3.05) is 36.5 Å². The summed E-state index contributed by atoms with van der Waals surface area (Å²) in [5.74, 6) is -0.520. The highest BCUT2D eigenvalue weighted by molar-refractivity contribution is 7.18. The van der Waals surface area contributed by atoms with Crippen molar-refractivity contribution >= 4 is 27.9 Å². The van der Waals surface area contributed by atoms with Gasteiger partial charge in [-0.3, -0.25) is 4.79 Å². The van der Waals surface area contributed by atoms with Gasteiger partial charge in [0.15, 0.2) is 0 Å². The number of carbonyl (C=O) groups is 1. The minimum atomic E-state index is -0.329. The Morgan fingerprint density at radius 1 is 1.04 bits per heavy atom. The lowest BCUT2D eigenvalue weighted by Crippen LogP contribution is -2.35. The summed E-state index contributed by atoms with van der Waals surface area (Å²) in [6.45, 7) is 2.98. The fourth-order valence-corrected chi connectivity index (χ4v) is 4.17. The quantitative estimate of drug-likeness (QED) is 0.715. The number of carbonyl (C=O) groups excluding carboxylic acids is 1. The van der Waals surface area contributed by atoms with Gasteiger partial charge in [0, 0.05) is 24.3 Å². The van der Waals surface area contributed by atoms with Crippen LogP contribution in [0.5, 0.6) is 0 Å². The molecule has 1 aliphatic rings. The van der Waals surface area contributed by atoms with E-state index in [1.54, 1.807) is 12.1 Å². The molecular formula is C21H19FN2O2S. The van der Waals surface area contributed by atoms with Gasteiger partial charge in [-0.1, -0.05) is 30.3 Å². The topological polar surface area (TPSA) is 41.6 Å². The first kappa shape index (κ1) is 17.7. The number of halogens is 1. The van der Waals surface area contributed by atoms with Crippen LogP contribution in [0.1, 0.15) is 9.67 Å². The van der Waals surface area contributed by atoms with Gasteiger partial charge in [-0.15, -0.1) is 11.3 Å². The molecule has 138 valence electrons. The van der Waals surface area contributed by atoms with E-state index in [1.165, 1.54) is 23.5 Å². The molecule has 0 radical (unpaired) electrons. The minimum absolute atomic E-state index is 0.191. The van der Waals surface area contributed by atoms with Gasteiger partial charge < -0.3 is 15.0 Å². The number of benzene rings is 2. The van der Waals surface area contributed by atoms with Gasteiger partial charge in [0.2, 0.25) is 0 Å². The van der Waals surface area contributed by atoms with E-state index in [9.17, 15) is 9.18 Å². The predicted molar refractivity (Wildman–Crippen MR) is 107 cm³/mol. The first-order valence-corrected chi connectivity index (χ1v) is 9.61. The van der Waals surface area contributed by atoms with Gasteiger partial charge >= 0.3 is 0 Å². The Labute approximate surface area is 161 Å². The number of nitrogens with one attached hydrogen (secondary N) is 1. The lowest BCUT2D eigenvalue weighted by Gasteiger charge is -2.28. The molecule has 0 atom stereocenters. The third-order valence-electron chi connectivity index (χ3n) is 4.42. The number of morpholine rings is 1. The standard InChI is InChI=1S/C21H19FN2O2S/c22-16-6-8-17(9-7-16)23-20(25)19-14-18(15-4-2-1-3-5-15)21(27-19)24-10-12-26-13-11-24/h1-9,14H,10-13H2,(H,23,25). The fraction of sp³-hybridized carbons (Fsp3) is 0.190. The molecule has 0 unspecified atom stereocenters. The van der Waals surface area contributed by atoms with Crippen LogP contribution in [0.3, 0.4) is 0 Å². The molecule has 4 nitrogen and oxygen atoms in total. The maximum absolute atomic E-state index is 13.1. The van der Waals surface area contributed by atoms with Crippen molar-refractivity contribution in [3.63, 3.8) is 0 Å². The number of hydrogen-bond donors (Lipinski definition) is 1. The second-order valence-corrected chi connectivity index (χ2v) is 7.29. The zero-order chi connectivity index (χ0) is 18.6. The smallest absolute Gasteiger partial charge is 0.265 e. The van der Waals surface area contributed by atoms with Gasteiger partial charge in [-0.2, -0.15) is 0 Å². The number of anilines is 2. The summed E-state index contributed by atoms with van der Waals surface area (Å²) in [6.07, 6.45) is 0. The molecule has 6 heteroatoms. The Hall–Kier alpha value is -2.70. The van der Waals surface area contributed by atoms with Crippen molar-refractivity contribution in [1.29, 1.82) is 0 Å². The second kappa shape index (κ2) is 7.90. The van der Waals surface area contributed by atoms with Crippen LogP contribution >= 0.6 is 11.3 Å². The van der Waals surface area contributed by atoms with Crippen molar-refractivity contribution in [3.8, 4) is 11.1 Å². The lowest BCUT2D eigenvalue weighted by atomic mass is 10.1. The number of ether oxygens (including phenoxy) is 1. The summed E-state index contributed by atoms with van der Waals surface area (Å²) in [5.41, 5.74) is 2.70. The summed E-state index contributed by atoms with van der Waals surface area (Å²) < 4.78 is 18.5. The molecule has 2 aromatic carbocycles. The molecule has 0 bridgehead atoms. The first-order chi connectivity index (χ1) is 13.2. The lowest BCUT2D eigenvalue weighted by molar-refractivity contribution is 0.103. The van der Waals surface area contributed by atoms with E-state index in [2.05, 4.69) is 10.2 Å². The largest absolute Gasteiger partial charge is 0.378 e. The van der Waals surface area contributed by atoms with Gasteiger partial charge in [0.05, 0.1) is 23.1 Å². The fourth-order valence-electron chi connectivity index (χ4n) is 3.05. The van der Waals surface area contributed by atoms with Crippen molar-refractivity contribution < 1.29 is 13.9 Å². The third-order valence-corrected chi connectivity index (χ3v) is 5.62. The summed E-state index contributed by atoms with van der Waals surface area (Å²) in [5, 5.41) is 3.92. The van der Waals surface area contributed by atoms with E-state index in [-0.39, 0.29) is 11.7 Å². The maximum atomic E-state index is 13.1. The molecule has 3 aromatic rings. The summed E-state index contributed by atoms with van der Waals surface area (Å²) in [4.78, 5) is 15.6. The van der Waals surface area contributed by atoms with Crippen molar-refractivity contribution in [2.24, 2.45) is 0 Å². The highest BCUT2D eigenvalue weighted by atomic mass is 32.1. The molecule has 1 amide bonds. The second-order valence-electron chi connectivity index (χ2n) is 6.26. The number of thiophene rings is 1. The molecule has 1 aromatic heterocycles. The van der Waals surface area contributed by atoms with E-state index in [0.717, 1.165) is 29.2 Å². The van der Waals surface area contributed by atoms with Crippen LogP contribution in [0, 0.1) is 5.82 Å². The van der Waals surface area contributed by atoms with E-state index in [0.29, 0.717) is 23.8 Å². The highest BCUT2D eigenvalue weighted by Gasteiger charge is 2.22. The zero-order valence-corrected chi connectivity index (χ0v) is 15.5. The molecule has 2 heterocycles. The SMILES string of the molecule is O=C(Nc1ccc(F)cc1)c1cc(-c2ccccc2)c(N2CCOCC2)s1. The van der Waals surface area contributed by atoms with Crippen molar-refractivity contribution in [1.82, 2.24) is 0 Å². The Morgan fingerprint density at radius 2 is 1.74 bits per heavy atom. The average molecular weight is 382 g/mol. The van der Waals surface area contributed by atoms with E-state index in [1.807, 2.05) is 36.4 Å². The van der Waals surface area contributed by atoms with Crippen LogP contribution in [-0.4, -0.2) is 32.2 Å². The molecule has 0 spiro atoms. The van der Waals surface area contributed by atoms with E-state index >= 15 is 0 Å². The Balaban J connectivity index is 1.65. The normalized spacial score (nSPS) is 14.2. The number of rotatable bonds is 4. The van der Waals surface area contributed by atoms with Gasteiger partial charge in [0.1, 0.15) is 5.82 Å². The Kier molecular flexibility index (Phi) is 5.18. The van der Waals surface area contributed by atoms with Crippen LogP contribution in [0.4, 0.5) is 15.1 Å². The maximum Gasteiger partial charge on any atom is 0.265 e. The highest BCUT2D eigenvalue weighted by Crippen LogP contribution is 2.39. The third kappa shape index (κ3) is 4.02. The Morgan fingerprint density at radius 3 is 2.44 bits per heavy atom. The van der Waals surface area contributed by atoms with Gasteiger partial charge in [-0.25, -0.2) is 4.39 Å². The molecule has 0 aliphatic carbocycles. The molecule has 1 saturated heterocycles. The van der Waals surface area contributed by atoms with Crippen LogP contribution < -0.4 is 10.2 Å². The monoisotopic (exact) mass is 382 g/mol. The zero-order valence-electron chi connectivity index (χ0n) is 14.7. The van der Waals surface area contributed by atoms with Crippen LogP contribution in [-0.2, 0) is 4.74 Å². The van der Waals surface area contributed by atoms with Crippen LogP contribution in [0.2, 0.25) is 0 Å². The summed E-state index contributed by atoms with van der Waals surface area (Å²) in [6, 6.07) is 17.8. The van der Waals surface area contributed by atoms with Crippen LogP contribution in [0.15, 0.2) is 60.7 Å². The van der Waals surface area contributed by atoms with Gasteiger partial charge in [-0.05, 0) is 35.9 Å². The first-order valence-electron chi connectivity index (χ1n) is 8.79. The summed E-state index contributed by atoms with van der Waals surface area (Å²) >= 11 is 1.48. The average Bonchev–Trinajstić information content (AvgIpc) is 3.17. The molecule has 1 aliphatic heterocycles. The molecule has 4 rings (SSSR count). The summed E-state index contributed by atoms with van der Waals surface area (Å²) in [7, 11) is 0. The minimum Gasteiger partial charge on any atom is -0.378 e. The van der Waals surface area contributed by atoms with E-state index < -0.39 is 0 Å². The molecule has 1 N–H and O–H groups in total. The van der Waals surface area contributed by atoms with Crippen LogP contribution in [0.25, 0.3) is 11.1 Å². The number of hydrogen-bond acceptors (Lipinski definition) is 4. The molecule has 0 saturated carbocycles. The van der Waals surface area contributed by atoms with Crippen molar-refractivity contribution in [2.45, 2.75) is 0 Å². The molecular weight excluding hydrogens is 363 g/mol. The van der Waals surface area contributed by atoms with Gasteiger partial charge in [0.25, 0.3) is 5.91 Å². The number of nitrogens with zero attached hydrogens (tertiary/aromatic N) is 1. The van der Waals surface area contributed by atoms with Crippen molar-refractivity contribution in [3.05, 3.63) is 71.4 Å². The van der Waals surface area contributed by atoms with E-state index in [4.69, 9.17) is 4.74 Å². The predicted octanol–water partition coefficient (Wildman–Crippen LogP) is 4.64. The molecule has 27 heavy (non-hydrogen) atoms. The number of amides is 1.